The lowest BCUT2D eigenvalue weighted by atomic mass is 10.0. The third-order valence-corrected chi connectivity index (χ3v) is 3.55. The zero-order chi connectivity index (χ0) is 9.26. The lowest BCUT2D eigenvalue weighted by Gasteiger charge is -2.12. The Kier molecular flexibility index (Phi) is 2.94. The quantitative estimate of drug-likeness (QED) is 0.784. The standard InChI is InChI=1S/C9H9Cl2NS/c10-8-5-7(9(11)13-8)6-1-3-12-4-2-6/h1,5,12H,2-4H2. The number of thiophene rings is 1. The molecule has 1 N–H and O–H groups in total. The van der Waals surface area contributed by atoms with Crippen LogP contribution in [0.5, 0.6) is 0 Å². The molecule has 1 aromatic heterocycles. The molecule has 0 fully saturated rings. The molecular weight excluding hydrogens is 225 g/mol. The molecule has 0 atom stereocenters. The van der Waals surface area contributed by atoms with Crippen molar-refractivity contribution in [3.63, 3.8) is 0 Å². The highest BCUT2D eigenvalue weighted by atomic mass is 35.5. The van der Waals surface area contributed by atoms with E-state index in [2.05, 4.69) is 11.4 Å². The van der Waals surface area contributed by atoms with Gasteiger partial charge in [-0.1, -0.05) is 29.3 Å². The molecule has 0 saturated carbocycles. The molecule has 70 valence electrons. The van der Waals surface area contributed by atoms with Gasteiger partial charge in [-0.15, -0.1) is 11.3 Å². The molecule has 1 aliphatic rings. The van der Waals surface area contributed by atoms with Crippen LogP contribution in [0.3, 0.4) is 0 Å². The van der Waals surface area contributed by atoms with Crippen molar-refractivity contribution < 1.29 is 0 Å². The van der Waals surface area contributed by atoms with Gasteiger partial charge in [-0.3, -0.25) is 0 Å². The minimum absolute atomic E-state index is 0.763. The van der Waals surface area contributed by atoms with Gasteiger partial charge in [0.25, 0.3) is 0 Å². The van der Waals surface area contributed by atoms with E-state index in [0.717, 1.165) is 33.7 Å². The second-order valence-corrected chi connectivity index (χ2v) is 5.21. The fourth-order valence-corrected chi connectivity index (χ4v) is 2.96. The number of rotatable bonds is 1. The molecule has 0 amide bonds. The highest BCUT2D eigenvalue weighted by Gasteiger charge is 2.12. The van der Waals surface area contributed by atoms with Gasteiger partial charge in [0.2, 0.25) is 0 Å². The van der Waals surface area contributed by atoms with Gasteiger partial charge in [0, 0.05) is 12.1 Å². The average Bonchev–Trinajstić information content (AvgIpc) is 2.47. The van der Waals surface area contributed by atoms with E-state index < -0.39 is 0 Å². The molecule has 1 nitrogen and oxygen atoms in total. The first-order chi connectivity index (χ1) is 6.27. The van der Waals surface area contributed by atoms with Gasteiger partial charge < -0.3 is 5.32 Å². The van der Waals surface area contributed by atoms with Gasteiger partial charge in [-0.2, -0.15) is 0 Å². The van der Waals surface area contributed by atoms with Crippen molar-refractivity contribution in [2.45, 2.75) is 6.42 Å². The van der Waals surface area contributed by atoms with Crippen molar-refractivity contribution in [3.8, 4) is 0 Å². The van der Waals surface area contributed by atoms with Gasteiger partial charge in [0.05, 0.1) is 4.34 Å². The predicted molar refractivity (Wildman–Crippen MR) is 59.8 cm³/mol. The van der Waals surface area contributed by atoms with E-state index in [1.807, 2.05) is 6.07 Å². The summed E-state index contributed by atoms with van der Waals surface area (Å²) in [6.07, 6.45) is 3.21. The molecule has 0 saturated heterocycles. The van der Waals surface area contributed by atoms with Crippen molar-refractivity contribution in [1.82, 2.24) is 5.32 Å². The van der Waals surface area contributed by atoms with Crippen LogP contribution in [0.2, 0.25) is 8.67 Å². The van der Waals surface area contributed by atoms with Gasteiger partial charge in [0.1, 0.15) is 4.34 Å². The Labute approximate surface area is 91.4 Å². The maximum absolute atomic E-state index is 6.05. The van der Waals surface area contributed by atoms with Crippen LogP contribution in [0.25, 0.3) is 5.57 Å². The average molecular weight is 234 g/mol. The normalized spacial score (nSPS) is 17.2. The summed E-state index contributed by atoms with van der Waals surface area (Å²) in [5.74, 6) is 0. The number of halogens is 2. The first kappa shape index (κ1) is 9.53. The summed E-state index contributed by atoms with van der Waals surface area (Å²) in [6.45, 7) is 1.95. The van der Waals surface area contributed by atoms with Crippen LogP contribution in [-0.2, 0) is 0 Å². The van der Waals surface area contributed by atoms with Crippen LogP contribution in [0, 0.1) is 0 Å². The monoisotopic (exact) mass is 233 g/mol. The topological polar surface area (TPSA) is 12.0 Å². The van der Waals surface area contributed by atoms with E-state index >= 15 is 0 Å². The zero-order valence-corrected chi connectivity index (χ0v) is 9.27. The molecule has 4 heteroatoms. The zero-order valence-electron chi connectivity index (χ0n) is 6.94. The van der Waals surface area contributed by atoms with E-state index in [0.29, 0.717) is 0 Å². The smallest absolute Gasteiger partial charge is 0.102 e. The van der Waals surface area contributed by atoms with E-state index in [9.17, 15) is 0 Å². The minimum Gasteiger partial charge on any atom is -0.313 e. The minimum atomic E-state index is 0.763. The van der Waals surface area contributed by atoms with Crippen LogP contribution in [0.4, 0.5) is 0 Å². The highest BCUT2D eigenvalue weighted by molar-refractivity contribution is 7.20. The number of hydrogen-bond acceptors (Lipinski definition) is 2. The maximum atomic E-state index is 6.05. The van der Waals surface area contributed by atoms with Gasteiger partial charge >= 0.3 is 0 Å². The van der Waals surface area contributed by atoms with Gasteiger partial charge in [0.15, 0.2) is 0 Å². The lowest BCUT2D eigenvalue weighted by molar-refractivity contribution is 0.739. The highest BCUT2D eigenvalue weighted by Crippen LogP contribution is 2.36. The molecule has 1 aliphatic heterocycles. The van der Waals surface area contributed by atoms with E-state index in [1.54, 1.807) is 0 Å². The largest absolute Gasteiger partial charge is 0.313 e. The Morgan fingerprint density at radius 3 is 2.77 bits per heavy atom. The lowest BCUT2D eigenvalue weighted by Crippen LogP contribution is -2.19. The molecule has 2 heterocycles. The summed E-state index contributed by atoms with van der Waals surface area (Å²) in [5, 5.41) is 3.26. The molecule has 0 unspecified atom stereocenters. The summed E-state index contributed by atoms with van der Waals surface area (Å²) >= 11 is 13.4. The van der Waals surface area contributed by atoms with Crippen molar-refractivity contribution in [3.05, 3.63) is 26.4 Å². The second-order valence-electron chi connectivity index (χ2n) is 2.92. The summed E-state index contributed by atoms with van der Waals surface area (Å²) in [7, 11) is 0. The van der Waals surface area contributed by atoms with Crippen LogP contribution in [0.1, 0.15) is 12.0 Å². The Morgan fingerprint density at radius 1 is 1.38 bits per heavy atom. The van der Waals surface area contributed by atoms with Gasteiger partial charge in [-0.05, 0) is 24.6 Å². The Balaban J connectivity index is 2.33. The summed E-state index contributed by atoms with van der Waals surface area (Å²) in [4.78, 5) is 0. The molecule has 2 rings (SSSR count). The molecule has 0 spiro atoms. The van der Waals surface area contributed by atoms with Crippen LogP contribution >= 0.6 is 34.5 Å². The van der Waals surface area contributed by atoms with E-state index in [-0.39, 0.29) is 0 Å². The molecule has 0 bridgehead atoms. The first-order valence-corrected chi connectivity index (χ1v) is 5.69. The fourth-order valence-electron chi connectivity index (χ4n) is 1.43. The molecule has 0 aliphatic carbocycles. The second kappa shape index (κ2) is 4.01. The van der Waals surface area contributed by atoms with Crippen molar-refractivity contribution in [2.75, 3.05) is 13.1 Å². The van der Waals surface area contributed by atoms with E-state index in [1.165, 1.54) is 16.9 Å². The van der Waals surface area contributed by atoms with E-state index in [4.69, 9.17) is 23.2 Å². The predicted octanol–water partition coefficient (Wildman–Crippen LogP) is 3.43. The molecule has 0 radical (unpaired) electrons. The first-order valence-electron chi connectivity index (χ1n) is 4.12. The molecule has 13 heavy (non-hydrogen) atoms. The Morgan fingerprint density at radius 2 is 2.23 bits per heavy atom. The number of nitrogens with one attached hydrogen (secondary N) is 1. The molecule has 0 aromatic carbocycles. The molecular formula is C9H9Cl2NS. The van der Waals surface area contributed by atoms with Crippen molar-refractivity contribution >= 4 is 40.1 Å². The van der Waals surface area contributed by atoms with Crippen molar-refractivity contribution in [2.24, 2.45) is 0 Å². The van der Waals surface area contributed by atoms with Crippen LogP contribution in [0.15, 0.2) is 12.1 Å². The summed E-state index contributed by atoms with van der Waals surface area (Å²) in [6, 6.07) is 1.95. The SMILES string of the molecule is Clc1cc(C2=CCNCC2)c(Cl)s1. The third-order valence-electron chi connectivity index (χ3n) is 2.07. The van der Waals surface area contributed by atoms with Crippen LogP contribution in [-0.4, -0.2) is 13.1 Å². The van der Waals surface area contributed by atoms with Crippen LogP contribution < -0.4 is 5.32 Å². The Hall–Kier alpha value is -0.0200. The number of hydrogen-bond donors (Lipinski definition) is 1. The van der Waals surface area contributed by atoms with Gasteiger partial charge in [-0.25, -0.2) is 0 Å². The van der Waals surface area contributed by atoms with Crippen molar-refractivity contribution in [1.29, 1.82) is 0 Å². The summed E-state index contributed by atoms with van der Waals surface area (Å²) < 4.78 is 1.57. The summed E-state index contributed by atoms with van der Waals surface area (Å²) in [5.41, 5.74) is 2.42. The Bertz CT molecular complexity index is 343. The maximum Gasteiger partial charge on any atom is 0.102 e. The third kappa shape index (κ3) is 2.08. The molecule has 1 aromatic rings. The fraction of sp³-hybridized carbons (Fsp3) is 0.333.